The summed E-state index contributed by atoms with van der Waals surface area (Å²) in [6, 6.07) is 0. The van der Waals surface area contributed by atoms with Crippen molar-refractivity contribution in [2.24, 2.45) is 23.2 Å². The molecule has 9 atom stereocenters. The van der Waals surface area contributed by atoms with Crippen LogP contribution >= 0.6 is 0 Å². The van der Waals surface area contributed by atoms with E-state index in [4.69, 9.17) is 14.2 Å². The van der Waals surface area contributed by atoms with E-state index in [1.54, 1.807) is 0 Å². The first kappa shape index (κ1) is 12.6. The molecular weight excluding hydrogens is 276 g/mol. The van der Waals surface area contributed by atoms with Crippen LogP contribution in [0.2, 0.25) is 0 Å². The Balaban J connectivity index is 1.63. The van der Waals surface area contributed by atoms with Gasteiger partial charge < -0.3 is 19.3 Å². The number of carbonyl (C=O) groups is 2. The molecule has 1 spiro atoms. The fourth-order valence-electron chi connectivity index (χ4n) is 5.35. The van der Waals surface area contributed by atoms with E-state index in [0.29, 0.717) is 6.42 Å². The Hall–Kier alpha value is -0.980. The summed E-state index contributed by atoms with van der Waals surface area (Å²) < 4.78 is 16.4. The number of epoxide rings is 2. The topological polar surface area (TPSA) is 88.7 Å². The Labute approximate surface area is 121 Å². The van der Waals surface area contributed by atoms with Gasteiger partial charge >= 0.3 is 5.97 Å². The molecule has 3 aliphatic heterocycles. The monoisotopic (exact) mass is 294 g/mol. The molecule has 3 heterocycles. The second-order valence-corrected chi connectivity index (χ2v) is 7.50. The number of Topliss-reactive ketones (excluding diaryl/α,β-unsaturated/α-hetero) is 1. The molecule has 21 heavy (non-hydrogen) atoms. The molecule has 0 radical (unpaired) electrons. The molecule has 0 amide bonds. The van der Waals surface area contributed by atoms with Crippen molar-refractivity contribution in [1.82, 2.24) is 0 Å². The van der Waals surface area contributed by atoms with E-state index < -0.39 is 23.0 Å². The molecule has 6 heteroatoms. The third kappa shape index (κ3) is 1.19. The number of carbonyl (C=O) groups excluding carboxylic acids is 2. The van der Waals surface area contributed by atoms with Gasteiger partial charge in [-0.15, -0.1) is 0 Å². The molecule has 3 saturated heterocycles. The minimum Gasteiger partial charge on any atom is -0.460 e. The smallest absolute Gasteiger partial charge is 0.341 e. The minimum absolute atomic E-state index is 0.00916. The summed E-state index contributed by atoms with van der Waals surface area (Å²) in [5.74, 6) is -0.692. The number of rotatable bonds is 0. The lowest BCUT2D eigenvalue weighted by Crippen LogP contribution is -2.52. The highest BCUT2D eigenvalue weighted by Gasteiger charge is 2.78. The predicted octanol–water partition coefficient (Wildman–Crippen LogP) is -0.330. The Kier molecular flexibility index (Phi) is 1.99. The van der Waals surface area contributed by atoms with E-state index in [0.717, 1.165) is 0 Å². The number of hydrogen-bond acceptors (Lipinski definition) is 6. The van der Waals surface area contributed by atoms with Gasteiger partial charge in [-0.1, -0.05) is 6.92 Å². The van der Waals surface area contributed by atoms with Gasteiger partial charge in [0.05, 0.1) is 30.1 Å². The molecular formula is C15H18O6. The Morgan fingerprint density at radius 2 is 2.00 bits per heavy atom. The molecule has 5 aliphatic rings. The van der Waals surface area contributed by atoms with Crippen LogP contribution in [-0.2, 0) is 23.8 Å². The second kappa shape index (κ2) is 3.34. The zero-order valence-corrected chi connectivity index (χ0v) is 11.9. The van der Waals surface area contributed by atoms with Crippen molar-refractivity contribution in [2.45, 2.75) is 50.3 Å². The van der Waals surface area contributed by atoms with Crippen LogP contribution in [0.1, 0.15) is 20.3 Å². The molecule has 2 aliphatic carbocycles. The van der Waals surface area contributed by atoms with Gasteiger partial charge in [0.1, 0.15) is 12.2 Å². The zero-order chi connectivity index (χ0) is 14.7. The second-order valence-electron chi connectivity index (χ2n) is 7.50. The van der Waals surface area contributed by atoms with Crippen molar-refractivity contribution in [3.8, 4) is 0 Å². The summed E-state index contributed by atoms with van der Waals surface area (Å²) in [7, 11) is 0. The first-order chi connectivity index (χ1) is 9.91. The largest absolute Gasteiger partial charge is 0.460 e. The number of aliphatic hydroxyl groups is 1. The number of aliphatic hydroxyl groups excluding tert-OH is 1. The minimum atomic E-state index is -1.00. The SMILES string of the molecule is C[C@@H]1C[C@H]2OC(=O)C3(CO3)[C@H]2[C@H](O)[C@]2(C)C(=O)C3OC3[C@@H]12. The van der Waals surface area contributed by atoms with Gasteiger partial charge in [0.2, 0.25) is 0 Å². The van der Waals surface area contributed by atoms with Gasteiger partial charge in [-0.2, -0.15) is 0 Å². The number of fused-ring (bicyclic) bond motifs is 5. The van der Waals surface area contributed by atoms with Gasteiger partial charge in [0.25, 0.3) is 0 Å². The van der Waals surface area contributed by atoms with E-state index >= 15 is 0 Å². The highest BCUT2D eigenvalue weighted by molar-refractivity contribution is 5.96. The molecule has 0 aromatic carbocycles. The Morgan fingerprint density at radius 3 is 2.67 bits per heavy atom. The van der Waals surface area contributed by atoms with Gasteiger partial charge in [-0.25, -0.2) is 4.79 Å². The van der Waals surface area contributed by atoms with Crippen LogP contribution in [0.3, 0.4) is 0 Å². The summed E-state index contributed by atoms with van der Waals surface area (Å²) in [6.07, 6.45) is -1.06. The van der Waals surface area contributed by atoms with Crippen LogP contribution < -0.4 is 0 Å². The molecule has 2 saturated carbocycles. The van der Waals surface area contributed by atoms with Crippen molar-refractivity contribution in [3.63, 3.8) is 0 Å². The maximum atomic E-state index is 12.7. The fraction of sp³-hybridized carbons (Fsp3) is 0.867. The van der Waals surface area contributed by atoms with E-state index in [2.05, 4.69) is 6.92 Å². The first-order valence-corrected chi connectivity index (χ1v) is 7.64. The average Bonchev–Trinajstić information content (AvgIpc) is 3.29. The maximum absolute atomic E-state index is 12.7. The Morgan fingerprint density at radius 1 is 1.29 bits per heavy atom. The van der Waals surface area contributed by atoms with Crippen molar-refractivity contribution in [2.75, 3.05) is 6.61 Å². The summed E-state index contributed by atoms with van der Waals surface area (Å²) in [6.45, 7) is 4.18. The molecule has 0 aromatic heterocycles. The standard InChI is InChI=1S/C15H18O6/c1-5-3-6-8(15(4-19-15)13(18)20-6)11(16)14(2)7(5)9-10(21-9)12(14)17/h5-11,16H,3-4H2,1-2H3/t5-,6-,7-,8-,9?,10?,11+,14-,15?/m1/s1. The lowest BCUT2D eigenvalue weighted by Gasteiger charge is -2.39. The molecule has 1 N–H and O–H groups in total. The predicted molar refractivity (Wildman–Crippen MR) is 67.1 cm³/mol. The Bertz CT molecular complexity index is 569. The van der Waals surface area contributed by atoms with Gasteiger partial charge in [-0.05, 0) is 19.3 Å². The van der Waals surface area contributed by atoms with Crippen LogP contribution in [0, 0.1) is 23.2 Å². The van der Waals surface area contributed by atoms with Gasteiger partial charge in [0.15, 0.2) is 11.4 Å². The van der Waals surface area contributed by atoms with Crippen LogP contribution in [0.15, 0.2) is 0 Å². The third-order valence-electron chi connectivity index (χ3n) is 6.53. The molecule has 0 bridgehead atoms. The fourth-order valence-corrected chi connectivity index (χ4v) is 5.35. The number of esters is 1. The van der Waals surface area contributed by atoms with Crippen molar-refractivity contribution in [3.05, 3.63) is 0 Å². The maximum Gasteiger partial charge on any atom is 0.341 e. The van der Waals surface area contributed by atoms with Crippen molar-refractivity contribution < 1.29 is 28.9 Å². The summed E-state index contributed by atoms with van der Waals surface area (Å²) in [4.78, 5) is 24.7. The zero-order valence-electron chi connectivity index (χ0n) is 11.9. The number of hydrogen-bond donors (Lipinski definition) is 1. The molecule has 6 nitrogen and oxygen atoms in total. The first-order valence-electron chi connectivity index (χ1n) is 7.64. The molecule has 5 rings (SSSR count). The van der Waals surface area contributed by atoms with Gasteiger partial charge in [0, 0.05) is 5.92 Å². The molecule has 114 valence electrons. The van der Waals surface area contributed by atoms with Crippen molar-refractivity contribution >= 4 is 11.8 Å². The lowest BCUT2D eigenvalue weighted by atomic mass is 9.66. The van der Waals surface area contributed by atoms with E-state index in [-0.39, 0.29) is 48.5 Å². The third-order valence-corrected chi connectivity index (χ3v) is 6.53. The quantitative estimate of drug-likeness (QED) is 0.486. The van der Waals surface area contributed by atoms with E-state index in [1.807, 2.05) is 6.92 Å². The van der Waals surface area contributed by atoms with Crippen molar-refractivity contribution in [1.29, 1.82) is 0 Å². The van der Waals surface area contributed by atoms with Crippen LogP contribution in [-0.4, -0.2) is 53.5 Å². The normalized spacial score (nSPS) is 63.7. The lowest BCUT2D eigenvalue weighted by molar-refractivity contribution is -0.148. The van der Waals surface area contributed by atoms with Gasteiger partial charge in [-0.3, -0.25) is 4.79 Å². The highest BCUT2D eigenvalue weighted by atomic mass is 16.7. The molecule has 5 fully saturated rings. The molecule has 3 unspecified atom stereocenters. The van der Waals surface area contributed by atoms with Crippen LogP contribution in [0.5, 0.6) is 0 Å². The summed E-state index contributed by atoms with van der Waals surface area (Å²) >= 11 is 0. The number of ether oxygens (including phenoxy) is 3. The number of ketones is 1. The van der Waals surface area contributed by atoms with Crippen LogP contribution in [0.4, 0.5) is 0 Å². The molecule has 0 aromatic rings. The van der Waals surface area contributed by atoms with E-state index in [9.17, 15) is 14.7 Å². The summed E-state index contributed by atoms with van der Waals surface area (Å²) in [5, 5.41) is 11.0. The van der Waals surface area contributed by atoms with E-state index in [1.165, 1.54) is 0 Å². The van der Waals surface area contributed by atoms with Crippen LogP contribution in [0.25, 0.3) is 0 Å². The average molecular weight is 294 g/mol. The highest BCUT2D eigenvalue weighted by Crippen LogP contribution is 2.63. The summed E-state index contributed by atoms with van der Waals surface area (Å²) in [5.41, 5.74) is -1.87.